The molecule has 0 radical (unpaired) electrons. The topological polar surface area (TPSA) is 102 Å². The van der Waals surface area contributed by atoms with Crippen LogP contribution in [0.15, 0.2) is 30.6 Å². The molecule has 122 valence electrons. The third-order valence-electron chi connectivity index (χ3n) is 4.06. The summed E-state index contributed by atoms with van der Waals surface area (Å²) in [6, 6.07) is 7.14. The van der Waals surface area contributed by atoms with Crippen molar-refractivity contribution in [2.75, 3.05) is 13.2 Å². The molecule has 0 bridgehead atoms. The Kier molecular flexibility index (Phi) is 4.24. The van der Waals surface area contributed by atoms with Crippen molar-refractivity contribution in [1.82, 2.24) is 25.5 Å². The van der Waals surface area contributed by atoms with Gasteiger partial charge in [-0.05, 0) is 54.5 Å². The lowest BCUT2D eigenvalue weighted by molar-refractivity contribution is -0.127. The van der Waals surface area contributed by atoms with Gasteiger partial charge in [0, 0.05) is 12.0 Å². The van der Waals surface area contributed by atoms with Crippen LogP contribution in [-0.4, -0.2) is 50.5 Å². The zero-order chi connectivity index (χ0) is 16.3. The van der Waals surface area contributed by atoms with Crippen molar-refractivity contribution in [2.45, 2.75) is 25.9 Å². The van der Waals surface area contributed by atoms with E-state index in [0.717, 1.165) is 18.5 Å². The number of hydrogen-bond donors (Lipinski definition) is 2. The van der Waals surface area contributed by atoms with E-state index in [1.165, 1.54) is 11.0 Å². The molecule has 1 aliphatic rings. The van der Waals surface area contributed by atoms with Crippen LogP contribution in [0.25, 0.3) is 5.69 Å². The van der Waals surface area contributed by atoms with E-state index >= 15 is 0 Å². The number of aromatic nitrogens is 4. The molecular weight excluding hydrogens is 298 g/mol. The van der Waals surface area contributed by atoms with Crippen LogP contribution in [0, 0.1) is 5.41 Å². The first-order valence-electron chi connectivity index (χ1n) is 7.51. The zero-order valence-corrected chi connectivity index (χ0v) is 12.8. The van der Waals surface area contributed by atoms with Gasteiger partial charge in [0.05, 0.1) is 12.3 Å². The minimum atomic E-state index is -0.608. The Morgan fingerprint density at radius 1 is 1.43 bits per heavy atom. The summed E-state index contributed by atoms with van der Waals surface area (Å²) < 4.78 is 7.16. The average molecular weight is 317 g/mol. The van der Waals surface area contributed by atoms with Crippen LogP contribution in [-0.2, 0) is 4.79 Å². The molecule has 2 aromatic rings. The van der Waals surface area contributed by atoms with E-state index in [9.17, 15) is 9.90 Å². The second-order valence-electron chi connectivity index (χ2n) is 5.88. The molecule has 1 saturated carbocycles. The lowest BCUT2D eigenvalue weighted by atomic mass is 10.1. The number of nitrogens with one attached hydrogen (secondary N) is 1. The van der Waals surface area contributed by atoms with Gasteiger partial charge in [0.25, 0.3) is 5.91 Å². The smallest absolute Gasteiger partial charge is 0.260 e. The summed E-state index contributed by atoms with van der Waals surface area (Å²) in [6.07, 6.45) is 2.80. The second kappa shape index (κ2) is 6.33. The molecule has 1 aliphatic carbocycles. The molecule has 1 fully saturated rings. The van der Waals surface area contributed by atoms with Gasteiger partial charge in [-0.25, -0.2) is 4.68 Å². The molecule has 0 saturated heterocycles. The fourth-order valence-corrected chi connectivity index (χ4v) is 2.20. The highest BCUT2D eigenvalue weighted by Crippen LogP contribution is 2.44. The molecule has 1 amide bonds. The molecule has 1 unspecified atom stereocenters. The molecule has 8 nitrogen and oxygen atoms in total. The maximum Gasteiger partial charge on any atom is 0.260 e. The van der Waals surface area contributed by atoms with E-state index in [-0.39, 0.29) is 17.9 Å². The highest BCUT2D eigenvalue weighted by Gasteiger charge is 2.42. The standard InChI is InChI=1S/C15H19N5O3/c1-11(14(22)16-8-15(9-21)6-7-15)23-13-4-2-12(3-5-13)20-10-17-18-19-20/h2-5,10-11,21H,6-9H2,1H3,(H,16,22). The summed E-state index contributed by atoms with van der Waals surface area (Å²) >= 11 is 0. The number of benzene rings is 1. The minimum absolute atomic E-state index is 0.108. The van der Waals surface area contributed by atoms with Crippen LogP contribution in [0.5, 0.6) is 5.75 Å². The van der Waals surface area contributed by atoms with Crippen LogP contribution in [0.2, 0.25) is 0 Å². The van der Waals surface area contributed by atoms with Crippen molar-refractivity contribution in [3.63, 3.8) is 0 Å². The number of carbonyl (C=O) groups is 1. The normalized spacial score (nSPS) is 16.6. The summed E-state index contributed by atoms with van der Waals surface area (Å²) in [4.78, 5) is 12.0. The van der Waals surface area contributed by atoms with Crippen molar-refractivity contribution in [2.24, 2.45) is 5.41 Å². The Labute approximate surface area is 133 Å². The van der Waals surface area contributed by atoms with Gasteiger partial charge in [-0.15, -0.1) is 5.10 Å². The highest BCUT2D eigenvalue weighted by atomic mass is 16.5. The van der Waals surface area contributed by atoms with Crippen molar-refractivity contribution in [3.05, 3.63) is 30.6 Å². The summed E-state index contributed by atoms with van der Waals surface area (Å²) in [5.41, 5.74) is 0.696. The summed E-state index contributed by atoms with van der Waals surface area (Å²) in [6.45, 7) is 2.30. The van der Waals surface area contributed by atoms with Crippen molar-refractivity contribution in [1.29, 1.82) is 0 Å². The van der Waals surface area contributed by atoms with Crippen molar-refractivity contribution >= 4 is 5.91 Å². The van der Waals surface area contributed by atoms with E-state index in [1.807, 2.05) is 0 Å². The first kappa shape index (κ1) is 15.4. The van der Waals surface area contributed by atoms with Gasteiger partial charge in [-0.2, -0.15) is 0 Å². The van der Waals surface area contributed by atoms with Gasteiger partial charge in [-0.3, -0.25) is 4.79 Å². The quantitative estimate of drug-likeness (QED) is 0.762. The lowest BCUT2D eigenvalue weighted by Gasteiger charge is -2.17. The van der Waals surface area contributed by atoms with E-state index in [0.29, 0.717) is 12.3 Å². The Bertz CT molecular complexity index is 652. The number of ether oxygens (including phenoxy) is 1. The molecule has 0 aliphatic heterocycles. The van der Waals surface area contributed by atoms with Gasteiger partial charge in [0.2, 0.25) is 0 Å². The number of tetrazole rings is 1. The van der Waals surface area contributed by atoms with Crippen LogP contribution < -0.4 is 10.1 Å². The molecule has 3 rings (SSSR count). The predicted octanol–water partition coefficient (Wildman–Crippen LogP) is 0.318. The maximum atomic E-state index is 12.0. The summed E-state index contributed by atoms with van der Waals surface area (Å²) in [5.74, 6) is 0.405. The van der Waals surface area contributed by atoms with Crippen LogP contribution in [0.3, 0.4) is 0 Å². The molecule has 1 atom stereocenters. The molecule has 8 heteroatoms. The Balaban J connectivity index is 1.53. The number of carbonyl (C=O) groups excluding carboxylic acids is 1. The van der Waals surface area contributed by atoms with Crippen molar-refractivity contribution < 1.29 is 14.6 Å². The molecular formula is C15H19N5O3. The van der Waals surface area contributed by atoms with Crippen LogP contribution >= 0.6 is 0 Å². The van der Waals surface area contributed by atoms with Gasteiger partial charge in [-0.1, -0.05) is 0 Å². The third-order valence-corrected chi connectivity index (χ3v) is 4.06. The van der Waals surface area contributed by atoms with Crippen LogP contribution in [0.4, 0.5) is 0 Å². The van der Waals surface area contributed by atoms with E-state index in [1.54, 1.807) is 31.2 Å². The third kappa shape index (κ3) is 3.65. The Morgan fingerprint density at radius 2 is 2.17 bits per heavy atom. The number of amides is 1. The van der Waals surface area contributed by atoms with Crippen LogP contribution in [0.1, 0.15) is 19.8 Å². The summed E-state index contributed by atoms with van der Waals surface area (Å²) in [5, 5.41) is 23.0. The van der Waals surface area contributed by atoms with E-state index in [2.05, 4.69) is 20.8 Å². The fraction of sp³-hybridized carbons (Fsp3) is 0.467. The Hall–Kier alpha value is -2.48. The molecule has 0 spiro atoms. The van der Waals surface area contributed by atoms with Crippen molar-refractivity contribution in [3.8, 4) is 11.4 Å². The largest absolute Gasteiger partial charge is 0.481 e. The van der Waals surface area contributed by atoms with Gasteiger partial charge >= 0.3 is 0 Å². The second-order valence-corrected chi connectivity index (χ2v) is 5.88. The average Bonchev–Trinajstić information content (AvgIpc) is 3.15. The molecule has 2 N–H and O–H groups in total. The molecule has 23 heavy (non-hydrogen) atoms. The van der Waals surface area contributed by atoms with E-state index < -0.39 is 6.10 Å². The number of hydrogen-bond acceptors (Lipinski definition) is 6. The number of nitrogens with zero attached hydrogens (tertiary/aromatic N) is 4. The summed E-state index contributed by atoms with van der Waals surface area (Å²) in [7, 11) is 0. The maximum absolute atomic E-state index is 12.0. The first-order valence-corrected chi connectivity index (χ1v) is 7.51. The monoisotopic (exact) mass is 317 g/mol. The molecule has 1 heterocycles. The Morgan fingerprint density at radius 3 is 2.74 bits per heavy atom. The number of aliphatic hydroxyl groups is 1. The van der Waals surface area contributed by atoms with E-state index in [4.69, 9.17) is 4.74 Å². The number of aliphatic hydroxyl groups excluding tert-OH is 1. The highest BCUT2D eigenvalue weighted by molar-refractivity contribution is 5.80. The molecule has 1 aromatic carbocycles. The van der Waals surface area contributed by atoms with Gasteiger partial charge in [0.15, 0.2) is 6.10 Å². The lowest BCUT2D eigenvalue weighted by Crippen LogP contribution is -2.40. The predicted molar refractivity (Wildman–Crippen MR) is 81.0 cm³/mol. The zero-order valence-electron chi connectivity index (χ0n) is 12.8. The minimum Gasteiger partial charge on any atom is -0.481 e. The first-order chi connectivity index (χ1) is 11.1. The fourth-order valence-electron chi connectivity index (χ4n) is 2.20. The molecule has 1 aromatic heterocycles. The van der Waals surface area contributed by atoms with Gasteiger partial charge in [0.1, 0.15) is 12.1 Å². The SMILES string of the molecule is CC(Oc1ccc(-n2cnnn2)cc1)C(=O)NCC1(CO)CC1. The van der Waals surface area contributed by atoms with Gasteiger partial charge < -0.3 is 15.2 Å². The number of rotatable bonds is 7.